The van der Waals surface area contributed by atoms with Crippen molar-refractivity contribution in [2.24, 2.45) is 0 Å². The number of allylic oxidation sites excluding steroid dienone is 4. The van der Waals surface area contributed by atoms with Gasteiger partial charge in [-0.25, -0.2) is 0 Å². The number of rotatable bonds is 10. The molecule has 7 heteroatoms. The molecule has 0 saturated carbocycles. The molecule has 7 nitrogen and oxygen atoms in total. The Balaban J connectivity index is 1.13. The van der Waals surface area contributed by atoms with Crippen LogP contribution in [0.1, 0.15) is 29.6 Å². The standard InChI is InChI=1S/C27H37N3O4/c31-25(21-30-13-11-22-5-2-1-3-6-24(22)20-30)19-28-27(32)23-7-9-26(10-8-23)34-16-4-12-29-14-17-33-18-15-29/h1-3,5,7-10,25,31H,4,6,11-21H2,(H,28,32). The van der Waals surface area contributed by atoms with Crippen LogP contribution in [0.15, 0.2) is 59.7 Å². The van der Waals surface area contributed by atoms with Crippen LogP contribution < -0.4 is 10.1 Å². The highest BCUT2D eigenvalue weighted by molar-refractivity contribution is 5.94. The second-order valence-electron chi connectivity index (χ2n) is 9.15. The monoisotopic (exact) mass is 467 g/mol. The first-order valence-electron chi connectivity index (χ1n) is 12.4. The Bertz CT molecular complexity index is 888. The molecular weight excluding hydrogens is 430 g/mol. The number of amides is 1. The van der Waals surface area contributed by atoms with E-state index in [-0.39, 0.29) is 12.5 Å². The van der Waals surface area contributed by atoms with Gasteiger partial charge in [0.25, 0.3) is 5.91 Å². The van der Waals surface area contributed by atoms with Crippen LogP contribution in [0, 0.1) is 0 Å². The summed E-state index contributed by atoms with van der Waals surface area (Å²) in [4.78, 5) is 17.2. The van der Waals surface area contributed by atoms with E-state index in [9.17, 15) is 9.90 Å². The largest absolute Gasteiger partial charge is 0.494 e. The molecule has 2 N–H and O–H groups in total. The van der Waals surface area contributed by atoms with Crippen molar-refractivity contribution in [2.75, 3.05) is 65.6 Å². The Hall–Kier alpha value is -2.45. The molecule has 3 aliphatic rings. The molecule has 184 valence electrons. The molecule has 1 saturated heterocycles. The number of ether oxygens (including phenoxy) is 2. The van der Waals surface area contributed by atoms with Gasteiger partial charge in [0.15, 0.2) is 0 Å². The van der Waals surface area contributed by atoms with Crippen LogP contribution in [0.25, 0.3) is 0 Å². The fourth-order valence-electron chi connectivity index (χ4n) is 4.60. The van der Waals surface area contributed by atoms with E-state index in [1.807, 2.05) is 12.1 Å². The zero-order valence-electron chi connectivity index (χ0n) is 20.0. The Labute approximate surface area is 202 Å². The van der Waals surface area contributed by atoms with Crippen LogP contribution in [0.4, 0.5) is 0 Å². The molecule has 1 aromatic rings. The van der Waals surface area contributed by atoms with Gasteiger partial charge in [-0.2, -0.15) is 0 Å². The number of aliphatic hydroxyl groups excluding tert-OH is 1. The van der Waals surface area contributed by atoms with E-state index in [1.165, 1.54) is 11.1 Å². The number of aliphatic hydroxyl groups is 1. The molecule has 4 rings (SSSR count). The number of nitrogens with one attached hydrogen (secondary N) is 1. The van der Waals surface area contributed by atoms with E-state index in [4.69, 9.17) is 9.47 Å². The van der Waals surface area contributed by atoms with Gasteiger partial charge in [-0.15, -0.1) is 0 Å². The molecular formula is C27H37N3O4. The van der Waals surface area contributed by atoms with Crippen molar-refractivity contribution in [1.29, 1.82) is 0 Å². The maximum atomic E-state index is 12.5. The summed E-state index contributed by atoms with van der Waals surface area (Å²) < 4.78 is 11.2. The van der Waals surface area contributed by atoms with Crippen molar-refractivity contribution in [3.05, 3.63) is 65.3 Å². The van der Waals surface area contributed by atoms with Gasteiger partial charge in [0.1, 0.15) is 5.75 Å². The zero-order valence-corrected chi connectivity index (χ0v) is 20.0. The van der Waals surface area contributed by atoms with Gasteiger partial charge in [-0.3, -0.25) is 14.6 Å². The minimum absolute atomic E-state index is 0.180. The minimum Gasteiger partial charge on any atom is -0.494 e. The van der Waals surface area contributed by atoms with Crippen molar-refractivity contribution in [1.82, 2.24) is 15.1 Å². The smallest absolute Gasteiger partial charge is 0.251 e. The van der Waals surface area contributed by atoms with Crippen LogP contribution in [0.3, 0.4) is 0 Å². The minimum atomic E-state index is -0.600. The predicted octanol–water partition coefficient (Wildman–Crippen LogP) is 2.40. The number of morpholine rings is 1. The average molecular weight is 468 g/mol. The molecule has 1 fully saturated rings. The SMILES string of the molecule is O=C(NCC(O)CN1CCC2=C(CC=CC=C2)C1)c1ccc(OCCCN2CCOCC2)cc1. The van der Waals surface area contributed by atoms with Gasteiger partial charge < -0.3 is 19.9 Å². The van der Waals surface area contributed by atoms with E-state index in [0.717, 1.165) is 70.9 Å². The summed E-state index contributed by atoms with van der Waals surface area (Å²) in [7, 11) is 0. The second-order valence-corrected chi connectivity index (χ2v) is 9.15. The lowest BCUT2D eigenvalue weighted by Crippen LogP contribution is -2.42. The van der Waals surface area contributed by atoms with Gasteiger partial charge in [-0.05, 0) is 54.7 Å². The first-order chi connectivity index (χ1) is 16.7. The molecule has 0 spiro atoms. The van der Waals surface area contributed by atoms with Gasteiger partial charge in [0.2, 0.25) is 0 Å². The highest BCUT2D eigenvalue weighted by Crippen LogP contribution is 2.24. The second kappa shape index (κ2) is 12.9. The topological polar surface area (TPSA) is 74.3 Å². The Morgan fingerprint density at radius 1 is 1.12 bits per heavy atom. The lowest BCUT2D eigenvalue weighted by Gasteiger charge is -2.31. The number of hydrogen-bond acceptors (Lipinski definition) is 6. The van der Waals surface area contributed by atoms with Crippen LogP contribution in [-0.4, -0.2) is 92.6 Å². The molecule has 0 aromatic heterocycles. The molecule has 1 atom stereocenters. The number of hydrogen-bond donors (Lipinski definition) is 2. The number of carbonyl (C=O) groups excluding carboxylic acids is 1. The van der Waals surface area contributed by atoms with E-state index in [0.29, 0.717) is 18.7 Å². The van der Waals surface area contributed by atoms with Crippen LogP contribution in [-0.2, 0) is 4.74 Å². The highest BCUT2D eigenvalue weighted by atomic mass is 16.5. The number of benzene rings is 1. The fourth-order valence-corrected chi connectivity index (χ4v) is 4.60. The average Bonchev–Trinajstić information content (AvgIpc) is 3.11. The third-order valence-electron chi connectivity index (χ3n) is 6.55. The summed E-state index contributed by atoms with van der Waals surface area (Å²) in [6, 6.07) is 7.19. The molecule has 0 bridgehead atoms. The molecule has 1 aromatic carbocycles. The molecule has 2 aliphatic heterocycles. The third kappa shape index (κ3) is 7.53. The lowest BCUT2D eigenvalue weighted by molar-refractivity contribution is 0.0358. The summed E-state index contributed by atoms with van der Waals surface area (Å²) >= 11 is 0. The molecule has 34 heavy (non-hydrogen) atoms. The fraction of sp³-hybridized carbons (Fsp3) is 0.519. The zero-order chi connectivity index (χ0) is 23.6. The Morgan fingerprint density at radius 2 is 1.94 bits per heavy atom. The van der Waals surface area contributed by atoms with Gasteiger partial charge >= 0.3 is 0 Å². The predicted molar refractivity (Wildman–Crippen MR) is 133 cm³/mol. The van der Waals surface area contributed by atoms with Crippen molar-refractivity contribution >= 4 is 5.91 Å². The van der Waals surface area contributed by atoms with Gasteiger partial charge in [0, 0.05) is 51.4 Å². The van der Waals surface area contributed by atoms with E-state index >= 15 is 0 Å². The first kappa shape index (κ1) is 24.7. The molecule has 0 radical (unpaired) electrons. The first-order valence-corrected chi connectivity index (χ1v) is 12.4. The van der Waals surface area contributed by atoms with Crippen molar-refractivity contribution < 1.29 is 19.4 Å². The number of nitrogens with zero attached hydrogens (tertiary/aromatic N) is 2. The van der Waals surface area contributed by atoms with Crippen molar-refractivity contribution in [3.63, 3.8) is 0 Å². The highest BCUT2D eigenvalue weighted by Gasteiger charge is 2.20. The van der Waals surface area contributed by atoms with E-state index < -0.39 is 6.10 Å². The van der Waals surface area contributed by atoms with E-state index in [1.54, 1.807) is 12.1 Å². The van der Waals surface area contributed by atoms with Crippen LogP contribution in [0.2, 0.25) is 0 Å². The van der Waals surface area contributed by atoms with Crippen molar-refractivity contribution in [2.45, 2.75) is 25.4 Å². The maximum absolute atomic E-state index is 12.5. The number of β-amino-alcohol motifs (C(OH)–C–C–N with tert-alkyl or cyclic N) is 1. The summed E-state index contributed by atoms with van der Waals surface area (Å²) in [5.74, 6) is 0.584. The molecule has 1 unspecified atom stereocenters. The molecule has 1 aliphatic carbocycles. The van der Waals surface area contributed by atoms with Gasteiger partial charge in [-0.1, -0.05) is 24.3 Å². The summed E-state index contributed by atoms with van der Waals surface area (Å²) in [6.45, 7) is 7.87. The van der Waals surface area contributed by atoms with Gasteiger partial charge in [0.05, 0.1) is 25.9 Å². The van der Waals surface area contributed by atoms with Crippen LogP contribution in [0.5, 0.6) is 5.75 Å². The molecule has 2 heterocycles. The summed E-state index contributed by atoms with van der Waals surface area (Å²) in [5, 5.41) is 13.3. The number of carbonyl (C=O) groups is 1. The Kier molecular flexibility index (Phi) is 9.33. The molecule has 1 amide bonds. The summed E-state index contributed by atoms with van der Waals surface area (Å²) in [6.07, 6.45) is 10.9. The van der Waals surface area contributed by atoms with E-state index in [2.05, 4.69) is 39.4 Å². The van der Waals surface area contributed by atoms with Crippen LogP contribution >= 0.6 is 0 Å². The lowest BCUT2D eigenvalue weighted by atomic mass is 9.98. The quantitative estimate of drug-likeness (QED) is 0.515. The maximum Gasteiger partial charge on any atom is 0.251 e. The Morgan fingerprint density at radius 3 is 2.76 bits per heavy atom. The van der Waals surface area contributed by atoms with Crippen molar-refractivity contribution in [3.8, 4) is 5.75 Å². The third-order valence-corrected chi connectivity index (χ3v) is 6.55. The summed E-state index contributed by atoms with van der Waals surface area (Å²) in [5.41, 5.74) is 3.42. The normalized spacial score (nSPS) is 20.0.